The van der Waals surface area contributed by atoms with Crippen LogP contribution in [0.1, 0.15) is 5.56 Å². The van der Waals surface area contributed by atoms with Crippen molar-refractivity contribution in [3.05, 3.63) is 54.4 Å². The molecule has 0 fully saturated rings. The highest BCUT2D eigenvalue weighted by atomic mass is 16.5. The lowest BCUT2D eigenvalue weighted by atomic mass is 10.2. The first-order valence-corrected chi connectivity index (χ1v) is 6.53. The van der Waals surface area contributed by atoms with Gasteiger partial charge in [-0.15, -0.1) is 0 Å². The molecule has 1 amide bonds. The van der Waals surface area contributed by atoms with Gasteiger partial charge in [0.1, 0.15) is 11.3 Å². The summed E-state index contributed by atoms with van der Waals surface area (Å²) in [6.45, 7) is 1.95. The number of benzene rings is 2. The van der Waals surface area contributed by atoms with E-state index in [1.165, 1.54) is 6.39 Å². The van der Waals surface area contributed by atoms with Crippen molar-refractivity contribution in [2.45, 2.75) is 6.92 Å². The first-order chi connectivity index (χ1) is 10.2. The summed E-state index contributed by atoms with van der Waals surface area (Å²) in [6.07, 6.45) is 1.37. The quantitative estimate of drug-likeness (QED) is 0.798. The van der Waals surface area contributed by atoms with Crippen LogP contribution in [0.4, 0.5) is 5.69 Å². The summed E-state index contributed by atoms with van der Waals surface area (Å²) in [5.74, 6) is 0.441. The molecule has 0 aliphatic carbocycles. The molecule has 0 unspecified atom stereocenters. The molecule has 5 heteroatoms. The van der Waals surface area contributed by atoms with Crippen LogP contribution in [-0.4, -0.2) is 17.5 Å². The van der Waals surface area contributed by atoms with Gasteiger partial charge in [0.2, 0.25) is 0 Å². The maximum absolute atomic E-state index is 11.8. The standard InChI is InChI=1S/C16H14N2O3/c1-11-2-5-13(6-3-11)20-9-16(19)18-12-4-7-14-15(8-12)21-10-17-14/h2-8,10H,9H2,1H3,(H,18,19). The Morgan fingerprint density at radius 2 is 2.05 bits per heavy atom. The summed E-state index contributed by atoms with van der Waals surface area (Å²) >= 11 is 0. The molecule has 0 saturated carbocycles. The number of rotatable bonds is 4. The Kier molecular flexibility index (Phi) is 3.55. The van der Waals surface area contributed by atoms with Crippen molar-refractivity contribution in [1.82, 2.24) is 4.98 Å². The third-order valence-electron chi connectivity index (χ3n) is 3.01. The van der Waals surface area contributed by atoms with Gasteiger partial charge in [0.25, 0.3) is 5.91 Å². The van der Waals surface area contributed by atoms with Gasteiger partial charge in [-0.1, -0.05) is 17.7 Å². The molecule has 21 heavy (non-hydrogen) atoms. The highest BCUT2D eigenvalue weighted by molar-refractivity contribution is 5.93. The lowest BCUT2D eigenvalue weighted by Gasteiger charge is -2.07. The second kappa shape index (κ2) is 5.66. The molecule has 1 heterocycles. The van der Waals surface area contributed by atoms with E-state index in [2.05, 4.69) is 10.3 Å². The number of fused-ring (bicyclic) bond motifs is 1. The van der Waals surface area contributed by atoms with Crippen molar-refractivity contribution < 1.29 is 13.9 Å². The predicted octanol–water partition coefficient (Wildman–Crippen LogP) is 3.15. The van der Waals surface area contributed by atoms with Gasteiger partial charge >= 0.3 is 0 Å². The molecule has 3 aromatic rings. The average Bonchev–Trinajstić information content (AvgIpc) is 2.94. The van der Waals surface area contributed by atoms with Crippen molar-refractivity contribution in [1.29, 1.82) is 0 Å². The Labute approximate surface area is 121 Å². The Bertz CT molecular complexity index is 763. The Hall–Kier alpha value is -2.82. The van der Waals surface area contributed by atoms with Gasteiger partial charge in [-0.05, 0) is 31.2 Å². The lowest BCUT2D eigenvalue weighted by molar-refractivity contribution is -0.118. The van der Waals surface area contributed by atoms with Crippen LogP contribution in [0.15, 0.2) is 53.3 Å². The number of hydrogen-bond donors (Lipinski definition) is 1. The van der Waals surface area contributed by atoms with Crippen LogP contribution in [0.25, 0.3) is 11.1 Å². The van der Waals surface area contributed by atoms with Crippen LogP contribution in [0, 0.1) is 6.92 Å². The zero-order valence-electron chi connectivity index (χ0n) is 11.5. The molecule has 0 atom stereocenters. The summed E-state index contributed by atoms with van der Waals surface area (Å²) in [7, 11) is 0. The predicted molar refractivity (Wildman–Crippen MR) is 79.3 cm³/mol. The molecule has 0 saturated heterocycles. The van der Waals surface area contributed by atoms with Gasteiger partial charge in [0.15, 0.2) is 18.6 Å². The number of oxazole rings is 1. The Morgan fingerprint density at radius 3 is 2.86 bits per heavy atom. The van der Waals surface area contributed by atoms with E-state index in [9.17, 15) is 4.79 Å². The number of aryl methyl sites for hydroxylation is 1. The SMILES string of the molecule is Cc1ccc(OCC(=O)Nc2ccc3ncoc3c2)cc1. The van der Waals surface area contributed by atoms with E-state index in [0.717, 1.165) is 11.1 Å². The van der Waals surface area contributed by atoms with E-state index in [-0.39, 0.29) is 12.5 Å². The fraction of sp³-hybridized carbons (Fsp3) is 0.125. The second-order valence-corrected chi connectivity index (χ2v) is 4.68. The molecule has 5 nitrogen and oxygen atoms in total. The minimum atomic E-state index is -0.227. The maximum atomic E-state index is 11.8. The van der Waals surface area contributed by atoms with Gasteiger partial charge in [0.05, 0.1) is 0 Å². The minimum Gasteiger partial charge on any atom is -0.484 e. The molecule has 0 radical (unpaired) electrons. The fourth-order valence-corrected chi connectivity index (χ4v) is 1.91. The zero-order chi connectivity index (χ0) is 14.7. The summed E-state index contributed by atoms with van der Waals surface area (Å²) in [6, 6.07) is 12.8. The van der Waals surface area contributed by atoms with E-state index in [0.29, 0.717) is 17.0 Å². The molecule has 3 rings (SSSR count). The molecule has 1 aromatic heterocycles. The summed E-state index contributed by atoms with van der Waals surface area (Å²) in [5.41, 5.74) is 3.18. The van der Waals surface area contributed by atoms with Crippen LogP contribution >= 0.6 is 0 Å². The smallest absolute Gasteiger partial charge is 0.262 e. The van der Waals surface area contributed by atoms with Gasteiger partial charge in [0, 0.05) is 11.8 Å². The number of amides is 1. The number of carbonyl (C=O) groups is 1. The number of carbonyl (C=O) groups excluding carboxylic acids is 1. The van der Waals surface area contributed by atoms with E-state index in [1.54, 1.807) is 18.2 Å². The number of hydrogen-bond acceptors (Lipinski definition) is 4. The number of anilines is 1. The third-order valence-corrected chi connectivity index (χ3v) is 3.01. The van der Waals surface area contributed by atoms with Gasteiger partial charge in [-0.2, -0.15) is 0 Å². The van der Waals surface area contributed by atoms with E-state index in [4.69, 9.17) is 9.15 Å². The first kappa shape index (κ1) is 13.2. The van der Waals surface area contributed by atoms with Gasteiger partial charge < -0.3 is 14.5 Å². The molecular weight excluding hydrogens is 268 g/mol. The highest BCUT2D eigenvalue weighted by Gasteiger charge is 2.06. The summed E-state index contributed by atoms with van der Waals surface area (Å²) < 4.78 is 10.6. The number of nitrogens with one attached hydrogen (secondary N) is 1. The van der Waals surface area contributed by atoms with E-state index in [1.807, 2.05) is 31.2 Å². The van der Waals surface area contributed by atoms with Crippen LogP contribution in [0.5, 0.6) is 5.75 Å². The molecule has 0 aliphatic heterocycles. The maximum Gasteiger partial charge on any atom is 0.262 e. The number of ether oxygens (including phenoxy) is 1. The third kappa shape index (κ3) is 3.20. The van der Waals surface area contributed by atoms with Crippen LogP contribution in [0.2, 0.25) is 0 Å². The van der Waals surface area contributed by atoms with Gasteiger partial charge in [-0.25, -0.2) is 4.98 Å². The zero-order valence-corrected chi connectivity index (χ0v) is 11.5. The van der Waals surface area contributed by atoms with Crippen LogP contribution in [0.3, 0.4) is 0 Å². The number of aromatic nitrogens is 1. The highest BCUT2D eigenvalue weighted by Crippen LogP contribution is 2.18. The van der Waals surface area contributed by atoms with Gasteiger partial charge in [-0.3, -0.25) is 4.79 Å². The molecular formula is C16H14N2O3. The summed E-state index contributed by atoms with van der Waals surface area (Å²) in [5, 5.41) is 2.75. The topological polar surface area (TPSA) is 64.4 Å². The lowest BCUT2D eigenvalue weighted by Crippen LogP contribution is -2.20. The molecule has 0 spiro atoms. The average molecular weight is 282 g/mol. The normalized spacial score (nSPS) is 10.5. The monoisotopic (exact) mass is 282 g/mol. The molecule has 106 valence electrons. The first-order valence-electron chi connectivity index (χ1n) is 6.53. The Morgan fingerprint density at radius 1 is 1.24 bits per heavy atom. The summed E-state index contributed by atoms with van der Waals surface area (Å²) in [4.78, 5) is 15.9. The molecule has 1 N–H and O–H groups in total. The van der Waals surface area contributed by atoms with E-state index >= 15 is 0 Å². The Balaban J connectivity index is 1.59. The van der Waals surface area contributed by atoms with Crippen LogP contribution in [-0.2, 0) is 4.79 Å². The molecule has 0 aliphatic rings. The fourth-order valence-electron chi connectivity index (χ4n) is 1.91. The van der Waals surface area contributed by atoms with E-state index < -0.39 is 0 Å². The minimum absolute atomic E-state index is 0.0441. The van der Waals surface area contributed by atoms with Crippen molar-refractivity contribution in [2.75, 3.05) is 11.9 Å². The molecule has 2 aromatic carbocycles. The van der Waals surface area contributed by atoms with Crippen molar-refractivity contribution >= 4 is 22.7 Å². The second-order valence-electron chi connectivity index (χ2n) is 4.68. The number of nitrogens with zero attached hydrogens (tertiary/aromatic N) is 1. The largest absolute Gasteiger partial charge is 0.484 e. The van der Waals surface area contributed by atoms with Crippen molar-refractivity contribution in [3.8, 4) is 5.75 Å². The van der Waals surface area contributed by atoms with Crippen LogP contribution < -0.4 is 10.1 Å². The van der Waals surface area contributed by atoms with Crippen molar-refractivity contribution in [3.63, 3.8) is 0 Å². The van der Waals surface area contributed by atoms with Crippen molar-refractivity contribution in [2.24, 2.45) is 0 Å². The molecule has 0 bridgehead atoms.